The van der Waals surface area contributed by atoms with Gasteiger partial charge in [0.15, 0.2) is 11.9 Å². The molecule has 0 aromatic heterocycles. The number of fused-ring (bicyclic) bond motifs is 1. The van der Waals surface area contributed by atoms with Gasteiger partial charge < -0.3 is 28.5 Å². The van der Waals surface area contributed by atoms with Crippen LogP contribution in [0.25, 0.3) is 6.08 Å². The summed E-state index contributed by atoms with van der Waals surface area (Å²) in [6.07, 6.45) is -14.8. The average molecular weight is 517 g/mol. The minimum atomic E-state index is -5.11. The fraction of sp³-hybridized carbons (Fsp3) is 0.474. The van der Waals surface area contributed by atoms with E-state index in [1.165, 1.54) is 13.8 Å². The molecule has 0 N–H and O–H groups in total. The van der Waals surface area contributed by atoms with Gasteiger partial charge in [0.25, 0.3) is 0 Å². The molecule has 0 bridgehead atoms. The van der Waals surface area contributed by atoms with Crippen LogP contribution in [0.1, 0.15) is 25.0 Å². The number of ether oxygens (including phenoxy) is 5. The minimum Gasteiger partial charge on any atom is -0.475 e. The Morgan fingerprint density at radius 3 is 2.40 bits per heavy atom. The molecule has 0 saturated carbocycles. The molecule has 1 unspecified atom stereocenters. The van der Waals surface area contributed by atoms with Crippen LogP contribution in [0.15, 0.2) is 23.0 Å². The van der Waals surface area contributed by atoms with Gasteiger partial charge in [-0.3, -0.25) is 0 Å². The Bertz CT molecular complexity index is 977. The zero-order chi connectivity index (χ0) is 26.4. The third kappa shape index (κ3) is 7.92. The van der Waals surface area contributed by atoms with E-state index in [9.17, 15) is 40.8 Å². The molecule has 0 aliphatic carbocycles. The summed E-state index contributed by atoms with van der Waals surface area (Å²) in [5.41, 5.74) is -1.45. The van der Waals surface area contributed by atoms with Gasteiger partial charge in [-0.1, -0.05) is 6.92 Å². The van der Waals surface area contributed by atoms with E-state index < -0.39 is 61.6 Å². The summed E-state index contributed by atoms with van der Waals surface area (Å²) in [5, 5.41) is 2.07. The largest absolute Gasteiger partial charge is 0.573 e. The predicted molar refractivity (Wildman–Crippen MR) is 101 cm³/mol. The molecule has 0 radical (unpaired) electrons. The van der Waals surface area contributed by atoms with Crippen molar-refractivity contribution < 1.29 is 64.5 Å². The molecule has 16 heteroatoms. The highest BCUT2D eigenvalue weighted by molar-refractivity contribution is 5.96. The Hall–Kier alpha value is -3.72. The molecule has 0 fully saturated rings. The fourth-order valence-electron chi connectivity index (χ4n) is 2.81. The van der Waals surface area contributed by atoms with E-state index in [1.54, 1.807) is 0 Å². The van der Waals surface area contributed by atoms with Gasteiger partial charge in [-0.15, -0.1) is 18.1 Å². The second-order valence-electron chi connectivity index (χ2n) is 6.78. The number of benzene rings is 1. The molecule has 1 heterocycles. The Kier molecular flexibility index (Phi) is 8.76. The van der Waals surface area contributed by atoms with Gasteiger partial charge in [-0.2, -0.15) is 13.2 Å². The third-order valence-electron chi connectivity index (χ3n) is 4.17. The highest BCUT2D eigenvalue weighted by atomic mass is 19.4. The summed E-state index contributed by atoms with van der Waals surface area (Å²) in [4.78, 5) is 37.7. The maximum atomic E-state index is 13.6. The number of carbonyl (C=O) groups excluding carboxylic acids is 2. The standard InChI is InChI=1S/C19H17F6NO9/c1-3-10-4-12(35-19(23,24)25)5-11-6-13(15(18(20,21)22)34-14(10)11)16(27)30-8-31-17(28)33-9(2)7-32-26-29/h4-6,9,15H,3,7-8H2,1-2H3/t9?,15-/m0/s1. The number of hydrogen-bond acceptors (Lipinski definition) is 10. The molecule has 2 rings (SSSR count). The Labute approximate surface area is 192 Å². The van der Waals surface area contributed by atoms with Crippen molar-refractivity contribution in [1.29, 1.82) is 0 Å². The van der Waals surface area contributed by atoms with Crippen molar-refractivity contribution in [1.82, 2.24) is 0 Å². The molecule has 0 amide bonds. The topological polar surface area (TPSA) is 119 Å². The molecule has 194 valence electrons. The lowest BCUT2D eigenvalue weighted by Crippen LogP contribution is -2.41. The lowest BCUT2D eigenvalue weighted by Gasteiger charge is -2.29. The molecular weight excluding hydrogens is 500 g/mol. The van der Waals surface area contributed by atoms with Crippen molar-refractivity contribution in [2.24, 2.45) is 5.34 Å². The summed E-state index contributed by atoms with van der Waals surface area (Å²) >= 11 is 0. The van der Waals surface area contributed by atoms with Crippen molar-refractivity contribution in [3.63, 3.8) is 0 Å². The Balaban J connectivity index is 2.22. The van der Waals surface area contributed by atoms with Crippen molar-refractivity contribution in [3.8, 4) is 11.5 Å². The summed E-state index contributed by atoms with van der Waals surface area (Å²) in [7, 11) is 0. The number of alkyl halides is 6. The summed E-state index contributed by atoms with van der Waals surface area (Å²) in [5.74, 6) is -2.76. The van der Waals surface area contributed by atoms with E-state index >= 15 is 0 Å². The van der Waals surface area contributed by atoms with Gasteiger partial charge in [0, 0.05) is 5.56 Å². The first-order chi connectivity index (χ1) is 16.2. The van der Waals surface area contributed by atoms with Crippen LogP contribution in [0.3, 0.4) is 0 Å². The monoisotopic (exact) mass is 517 g/mol. The normalized spacial score (nSPS) is 16.1. The Morgan fingerprint density at radius 2 is 1.83 bits per heavy atom. The maximum Gasteiger partial charge on any atom is 0.573 e. The molecule has 2 atom stereocenters. The molecule has 1 aliphatic heterocycles. The number of halogens is 6. The van der Waals surface area contributed by atoms with Gasteiger partial charge in [0.1, 0.15) is 17.6 Å². The van der Waals surface area contributed by atoms with E-state index in [1.807, 2.05) is 0 Å². The van der Waals surface area contributed by atoms with Crippen LogP contribution in [-0.4, -0.2) is 50.3 Å². The zero-order valence-corrected chi connectivity index (χ0v) is 17.9. The van der Waals surface area contributed by atoms with Crippen molar-refractivity contribution in [2.45, 2.75) is 45.0 Å². The third-order valence-corrected chi connectivity index (χ3v) is 4.17. The molecule has 35 heavy (non-hydrogen) atoms. The molecule has 1 aromatic rings. The molecule has 1 aliphatic rings. The molecular formula is C19H17F6NO9. The van der Waals surface area contributed by atoms with Crippen LogP contribution in [0.5, 0.6) is 11.5 Å². The second kappa shape index (κ2) is 11.1. The highest BCUT2D eigenvalue weighted by Crippen LogP contribution is 2.42. The van der Waals surface area contributed by atoms with Gasteiger partial charge in [-0.25, -0.2) is 9.59 Å². The van der Waals surface area contributed by atoms with Crippen molar-refractivity contribution in [3.05, 3.63) is 33.7 Å². The van der Waals surface area contributed by atoms with E-state index in [2.05, 4.69) is 29.1 Å². The quantitative estimate of drug-likeness (QED) is 0.152. The molecule has 1 aromatic carbocycles. The minimum absolute atomic E-state index is 0.0160. The van der Waals surface area contributed by atoms with Gasteiger partial charge in [0.05, 0.1) is 5.57 Å². The first-order valence-corrected chi connectivity index (χ1v) is 9.58. The number of esters is 1. The lowest BCUT2D eigenvalue weighted by molar-refractivity contribution is -0.274. The fourth-order valence-corrected chi connectivity index (χ4v) is 2.81. The number of nitrogens with zero attached hydrogens (tertiary/aromatic N) is 1. The molecule has 0 spiro atoms. The SMILES string of the molecule is CCc1cc(OC(F)(F)F)cc2c1O[C@H](C(F)(F)F)C(C(=O)OCOC(=O)OC(C)CON=O)=C2. The van der Waals surface area contributed by atoms with Gasteiger partial charge in [-0.05, 0) is 37.1 Å². The molecule has 0 saturated heterocycles. The van der Waals surface area contributed by atoms with E-state index in [-0.39, 0.29) is 23.3 Å². The van der Waals surface area contributed by atoms with Crippen LogP contribution in [0, 0.1) is 4.91 Å². The van der Waals surface area contributed by atoms with Crippen LogP contribution in [0.4, 0.5) is 31.1 Å². The first-order valence-electron chi connectivity index (χ1n) is 9.58. The lowest BCUT2D eigenvalue weighted by atomic mass is 9.97. The number of carbonyl (C=O) groups is 2. The number of hydrogen-bond donors (Lipinski definition) is 0. The van der Waals surface area contributed by atoms with E-state index in [0.717, 1.165) is 12.1 Å². The average Bonchev–Trinajstić information content (AvgIpc) is 2.74. The number of aryl methyl sites for hydroxylation is 1. The number of rotatable bonds is 9. The molecule has 10 nitrogen and oxygen atoms in total. The van der Waals surface area contributed by atoms with Crippen LogP contribution in [-0.2, 0) is 30.3 Å². The summed E-state index contributed by atoms with van der Waals surface area (Å²) in [6, 6.07) is 1.61. The zero-order valence-electron chi connectivity index (χ0n) is 17.9. The second-order valence-corrected chi connectivity index (χ2v) is 6.78. The first kappa shape index (κ1) is 27.5. The van der Waals surface area contributed by atoms with Crippen LogP contribution >= 0.6 is 0 Å². The van der Waals surface area contributed by atoms with Crippen LogP contribution in [0.2, 0.25) is 0 Å². The van der Waals surface area contributed by atoms with Gasteiger partial charge >= 0.3 is 24.7 Å². The van der Waals surface area contributed by atoms with Crippen molar-refractivity contribution >= 4 is 18.2 Å². The predicted octanol–water partition coefficient (Wildman–Crippen LogP) is 4.59. The van der Waals surface area contributed by atoms with Crippen molar-refractivity contribution in [2.75, 3.05) is 13.4 Å². The maximum absolute atomic E-state index is 13.6. The van der Waals surface area contributed by atoms with Gasteiger partial charge in [0.2, 0.25) is 12.9 Å². The smallest absolute Gasteiger partial charge is 0.475 e. The van der Waals surface area contributed by atoms with Crippen LogP contribution < -0.4 is 9.47 Å². The summed E-state index contributed by atoms with van der Waals surface area (Å²) < 4.78 is 101. The highest BCUT2D eigenvalue weighted by Gasteiger charge is 2.49. The van der Waals surface area contributed by atoms with E-state index in [4.69, 9.17) is 4.74 Å². The van der Waals surface area contributed by atoms with E-state index in [0.29, 0.717) is 6.08 Å². The summed E-state index contributed by atoms with van der Waals surface area (Å²) in [6.45, 7) is 1.15. The Morgan fingerprint density at radius 1 is 1.14 bits per heavy atom.